The summed E-state index contributed by atoms with van der Waals surface area (Å²) in [5.41, 5.74) is 0. The van der Waals surface area contributed by atoms with Gasteiger partial charge in [0.15, 0.2) is 0 Å². The molecule has 0 amide bonds. The van der Waals surface area contributed by atoms with Crippen molar-refractivity contribution < 1.29 is 5.11 Å². The Morgan fingerprint density at radius 3 is 2.77 bits per heavy atom. The Labute approximate surface area is 134 Å². The molecule has 1 N–H and O–H groups in total. The molecule has 0 saturated carbocycles. The quantitative estimate of drug-likeness (QED) is 0.914. The van der Waals surface area contributed by atoms with Crippen LogP contribution in [0.25, 0.3) is 0 Å². The molecule has 6 nitrogen and oxygen atoms in total. The molecule has 1 aliphatic heterocycles. The molecule has 7 heteroatoms. The monoisotopic (exact) mass is 321 g/mol. The molecule has 2 aromatic rings. The van der Waals surface area contributed by atoms with E-state index in [9.17, 15) is 5.11 Å². The van der Waals surface area contributed by atoms with Gasteiger partial charge >= 0.3 is 0 Å². The van der Waals surface area contributed by atoms with Crippen LogP contribution < -0.4 is 4.90 Å². The van der Waals surface area contributed by atoms with Gasteiger partial charge in [0, 0.05) is 39.0 Å². The van der Waals surface area contributed by atoms with E-state index in [0.29, 0.717) is 0 Å². The van der Waals surface area contributed by atoms with Gasteiger partial charge in [0.2, 0.25) is 5.13 Å². The van der Waals surface area contributed by atoms with Crippen molar-refractivity contribution in [2.75, 3.05) is 18.0 Å². The molecule has 1 fully saturated rings. The molecular weight excluding hydrogens is 298 g/mol. The molecule has 2 aromatic heterocycles. The number of imidazole rings is 1. The third-order valence-corrected chi connectivity index (χ3v) is 5.34. The number of anilines is 1. The minimum absolute atomic E-state index is 0.264. The summed E-state index contributed by atoms with van der Waals surface area (Å²) in [4.78, 5) is 6.56. The number of aliphatic hydroxyl groups is 1. The fourth-order valence-corrected chi connectivity index (χ4v) is 3.96. The zero-order valence-electron chi connectivity index (χ0n) is 13.1. The molecule has 1 atom stereocenters. The predicted molar refractivity (Wildman–Crippen MR) is 87.0 cm³/mol. The van der Waals surface area contributed by atoms with E-state index >= 15 is 0 Å². The number of aliphatic hydroxyl groups excluding tert-OH is 1. The second kappa shape index (κ2) is 6.75. The van der Waals surface area contributed by atoms with E-state index in [1.807, 2.05) is 17.8 Å². The van der Waals surface area contributed by atoms with E-state index < -0.39 is 6.10 Å². The van der Waals surface area contributed by atoms with Crippen LogP contribution in [0, 0.1) is 5.92 Å². The smallest absolute Gasteiger partial charge is 0.208 e. The summed E-state index contributed by atoms with van der Waals surface area (Å²) in [5.74, 6) is 1.03. The molecule has 0 aliphatic carbocycles. The second-order valence-corrected chi connectivity index (χ2v) is 6.93. The van der Waals surface area contributed by atoms with Crippen LogP contribution in [0.15, 0.2) is 12.4 Å². The van der Waals surface area contributed by atoms with E-state index in [1.54, 1.807) is 17.5 Å². The van der Waals surface area contributed by atoms with Crippen molar-refractivity contribution in [1.29, 1.82) is 0 Å². The Bertz CT molecular complexity index is 603. The van der Waals surface area contributed by atoms with Crippen molar-refractivity contribution in [3.05, 3.63) is 23.2 Å². The number of hydrogen-bond acceptors (Lipinski definition) is 6. The summed E-state index contributed by atoms with van der Waals surface area (Å²) in [6.45, 7) is 4.01. The van der Waals surface area contributed by atoms with Crippen LogP contribution in [0.1, 0.15) is 43.1 Å². The minimum atomic E-state index is -0.479. The lowest BCUT2D eigenvalue weighted by atomic mass is 9.91. The Morgan fingerprint density at radius 1 is 1.36 bits per heavy atom. The number of hydrogen-bond donors (Lipinski definition) is 1. The van der Waals surface area contributed by atoms with Crippen LogP contribution in [-0.4, -0.2) is 37.9 Å². The largest absolute Gasteiger partial charge is 0.385 e. The van der Waals surface area contributed by atoms with Gasteiger partial charge in [-0.05, 0) is 25.2 Å². The van der Waals surface area contributed by atoms with Crippen molar-refractivity contribution in [3.8, 4) is 0 Å². The molecule has 120 valence electrons. The number of aromatic nitrogens is 4. The van der Waals surface area contributed by atoms with Crippen LogP contribution in [0.3, 0.4) is 0 Å². The zero-order valence-corrected chi connectivity index (χ0v) is 14.0. The first-order valence-electron chi connectivity index (χ1n) is 7.91. The predicted octanol–water partition coefficient (Wildman–Crippen LogP) is 2.17. The summed E-state index contributed by atoms with van der Waals surface area (Å²) < 4.78 is 1.90. The van der Waals surface area contributed by atoms with Crippen molar-refractivity contribution in [1.82, 2.24) is 19.7 Å². The molecule has 3 heterocycles. The third-order valence-electron chi connectivity index (χ3n) is 4.30. The first-order chi connectivity index (χ1) is 10.7. The fourth-order valence-electron chi connectivity index (χ4n) is 2.97. The SMILES string of the molecule is CCCc1nnc(N2CCC(C(O)c3nccn3C)CC2)s1. The van der Waals surface area contributed by atoms with Gasteiger partial charge in [0.25, 0.3) is 0 Å². The lowest BCUT2D eigenvalue weighted by Crippen LogP contribution is -2.36. The van der Waals surface area contributed by atoms with Crippen LogP contribution in [0.2, 0.25) is 0 Å². The fraction of sp³-hybridized carbons (Fsp3) is 0.667. The highest BCUT2D eigenvalue weighted by molar-refractivity contribution is 7.15. The molecule has 0 radical (unpaired) electrons. The first-order valence-corrected chi connectivity index (χ1v) is 8.73. The van der Waals surface area contributed by atoms with Crippen molar-refractivity contribution in [2.45, 2.75) is 38.7 Å². The van der Waals surface area contributed by atoms with E-state index in [0.717, 1.165) is 54.7 Å². The Hall–Kier alpha value is -1.47. The molecule has 1 unspecified atom stereocenters. The van der Waals surface area contributed by atoms with Gasteiger partial charge in [-0.15, -0.1) is 10.2 Å². The van der Waals surface area contributed by atoms with Crippen LogP contribution in [0.4, 0.5) is 5.13 Å². The van der Waals surface area contributed by atoms with Gasteiger partial charge in [-0.2, -0.15) is 0 Å². The Balaban J connectivity index is 1.59. The lowest BCUT2D eigenvalue weighted by molar-refractivity contribution is 0.0825. The van der Waals surface area contributed by atoms with Gasteiger partial charge in [-0.3, -0.25) is 0 Å². The maximum atomic E-state index is 10.5. The molecule has 1 aliphatic rings. The standard InChI is InChI=1S/C15H23N5OS/c1-3-4-12-17-18-15(22-12)20-8-5-11(6-9-20)13(21)14-16-7-10-19(14)2/h7,10-11,13,21H,3-6,8-9H2,1-2H3. The summed E-state index contributed by atoms with van der Waals surface area (Å²) >= 11 is 1.70. The van der Waals surface area contributed by atoms with Gasteiger partial charge in [-0.25, -0.2) is 4.98 Å². The summed E-state index contributed by atoms with van der Waals surface area (Å²) in [5, 5.41) is 21.2. The van der Waals surface area contributed by atoms with Crippen LogP contribution in [0.5, 0.6) is 0 Å². The molecule has 1 saturated heterocycles. The second-order valence-electron chi connectivity index (χ2n) is 5.89. The maximum absolute atomic E-state index is 10.5. The average molecular weight is 321 g/mol. The number of nitrogens with zero attached hydrogens (tertiary/aromatic N) is 5. The maximum Gasteiger partial charge on any atom is 0.208 e. The topological polar surface area (TPSA) is 67.1 Å². The molecule has 0 bridgehead atoms. The summed E-state index contributed by atoms with van der Waals surface area (Å²) in [6.07, 6.45) is 7.16. The molecule has 0 spiro atoms. The van der Waals surface area contributed by atoms with Gasteiger partial charge in [0.1, 0.15) is 16.9 Å². The van der Waals surface area contributed by atoms with E-state index in [4.69, 9.17) is 0 Å². The summed E-state index contributed by atoms with van der Waals surface area (Å²) in [7, 11) is 1.93. The van der Waals surface area contributed by atoms with E-state index in [-0.39, 0.29) is 5.92 Å². The molecule has 22 heavy (non-hydrogen) atoms. The minimum Gasteiger partial charge on any atom is -0.385 e. The van der Waals surface area contributed by atoms with Gasteiger partial charge < -0.3 is 14.6 Å². The Morgan fingerprint density at radius 2 is 2.14 bits per heavy atom. The van der Waals surface area contributed by atoms with Crippen molar-refractivity contribution >= 4 is 16.5 Å². The molecule has 0 aromatic carbocycles. The van der Waals surface area contributed by atoms with Crippen LogP contribution in [-0.2, 0) is 13.5 Å². The lowest BCUT2D eigenvalue weighted by Gasteiger charge is -2.33. The molecule has 3 rings (SSSR count). The normalized spacial score (nSPS) is 17.9. The van der Waals surface area contributed by atoms with Crippen LogP contribution >= 0.6 is 11.3 Å². The van der Waals surface area contributed by atoms with E-state index in [1.165, 1.54) is 0 Å². The van der Waals surface area contributed by atoms with E-state index in [2.05, 4.69) is 27.0 Å². The number of aryl methyl sites for hydroxylation is 2. The number of piperidine rings is 1. The first kappa shape index (κ1) is 15.4. The highest BCUT2D eigenvalue weighted by Crippen LogP contribution is 2.32. The van der Waals surface area contributed by atoms with Gasteiger partial charge in [0.05, 0.1) is 0 Å². The summed E-state index contributed by atoms with van der Waals surface area (Å²) in [6, 6.07) is 0. The van der Waals surface area contributed by atoms with Crippen molar-refractivity contribution in [2.24, 2.45) is 13.0 Å². The average Bonchev–Trinajstić information content (AvgIpc) is 3.16. The Kier molecular flexibility index (Phi) is 4.73. The number of rotatable bonds is 5. The third kappa shape index (κ3) is 3.15. The molecular formula is C15H23N5OS. The zero-order chi connectivity index (χ0) is 15.5. The highest BCUT2D eigenvalue weighted by Gasteiger charge is 2.29. The highest BCUT2D eigenvalue weighted by atomic mass is 32.1. The van der Waals surface area contributed by atoms with Gasteiger partial charge in [-0.1, -0.05) is 18.3 Å². The van der Waals surface area contributed by atoms with Crippen molar-refractivity contribution in [3.63, 3.8) is 0 Å².